The Morgan fingerprint density at radius 2 is 2.18 bits per heavy atom. The molecular formula is C15H14ClNO4S. The second-order valence-corrected chi connectivity index (χ2v) is 6.69. The molecule has 0 saturated heterocycles. The molecule has 0 aliphatic heterocycles. The van der Waals surface area contributed by atoms with E-state index in [-0.39, 0.29) is 17.5 Å². The van der Waals surface area contributed by atoms with Crippen molar-refractivity contribution in [2.75, 3.05) is 0 Å². The van der Waals surface area contributed by atoms with Gasteiger partial charge in [-0.15, -0.1) is 0 Å². The van der Waals surface area contributed by atoms with E-state index in [2.05, 4.69) is 5.16 Å². The van der Waals surface area contributed by atoms with E-state index in [0.29, 0.717) is 33.0 Å². The maximum atomic E-state index is 12.7. The molecule has 0 bridgehead atoms. The summed E-state index contributed by atoms with van der Waals surface area (Å²) in [5, 5.41) is 4.08. The predicted molar refractivity (Wildman–Crippen MR) is 82.6 cm³/mol. The fourth-order valence-corrected chi connectivity index (χ4v) is 3.25. The summed E-state index contributed by atoms with van der Waals surface area (Å²) >= 11 is 4.25. The van der Waals surface area contributed by atoms with Crippen LogP contribution in [-0.2, 0) is 16.8 Å². The number of halogens is 1. The van der Waals surface area contributed by atoms with Crippen LogP contribution in [0.15, 0.2) is 22.9 Å². The van der Waals surface area contributed by atoms with E-state index in [0.717, 1.165) is 12.8 Å². The molecule has 1 aliphatic carbocycles. The maximum Gasteiger partial charge on any atom is 0.198 e. The average molecular weight is 340 g/mol. The highest BCUT2D eigenvalue weighted by Crippen LogP contribution is 2.42. The van der Waals surface area contributed by atoms with Crippen LogP contribution in [0, 0.1) is 6.92 Å². The SMILES string of the molecule is Cc1c(C(=O)c2cnoc2C2CC2)ccc(CS(=O)O)c1Cl. The van der Waals surface area contributed by atoms with Crippen molar-refractivity contribution in [2.45, 2.75) is 31.4 Å². The van der Waals surface area contributed by atoms with Crippen LogP contribution in [-0.4, -0.2) is 19.7 Å². The number of nitrogens with zero attached hydrogens (tertiary/aromatic N) is 1. The second kappa shape index (κ2) is 5.95. The quantitative estimate of drug-likeness (QED) is 0.666. The average Bonchev–Trinajstić information content (AvgIpc) is 3.20. The van der Waals surface area contributed by atoms with Crippen LogP contribution in [0.4, 0.5) is 0 Å². The van der Waals surface area contributed by atoms with E-state index in [1.54, 1.807) is 19.1 Å². The molecule has 1 heterocycles. The fourth-order valence-electron chi connectivity index (χ4n) is 2.44. The Bertz CT molecular complexity index is 767. The second-order valence-electron chi connectivity index (χ2n) is 5.38. The van der Waals surface area contributed by atoms with Gasteiger partial charge in [0.2, 0.25) is 0 Å². The predicted octanol–water partition coefficient (Wildman–Crippen LogP) is 3.47. The third-order valence-corrected chi connectivity index (χ3v) is 4.87. The molecule has 1 atom stereocenters. The zero-order valence-electron chi connectivity index (χ0n) is 11.8. The molecule has 1 aromatic carbocycles. The Morgan fingerprint density at radius 1 is 1.45 bits per heavy atom. The summed E-state index contributed by atoms with van der Waals surface area (Å²) in [7, 11) is 0. The molecule has 1 unspecified atom stereocenters. The van der Waals surface area contributed by atoms with Gasteiger partial charge in [0.15, 0.2) is 22.6 Å². The monoisotopic (exact) mass is 339 g/mol. The first-order valence-corrected chi connectivity index (χ1v) is 8.49. The molecule has 1 fully saturated rings. The van der Waals surface area contributed by atoms with Gasteiger partial charge in [-0.3, -0.25) is 4.79 Å². The van der Waals surface area contributed by atoms with Gasteiger partial charge < -0.3 is 9.08 Å². The lowest BCUT2D eigenvalue weighted by atomic mass is 9.97. The minimum absolute atomic E-state index is 0.0608. The van der Waals surface area contributed by atoms with Crippen LogP contribution < -0.4 is 0 Å². The largest absolute Gasteiger partial charge is 0.360 e. The zero-order chi connectivity index (χ0) is 15.9. The minimum Gasteiger partial charge on any atom is -0.360 e. The van der Waals surface area contributed by atoms with Crippen LogP contribution in [0.3, 0.4) is 0 Å². The molecular weight excluding hydrogens is 326 g/mol. The number of rotatable bonds is 5. The van der Waals surface area contributed by atoms with Gasteiger partial charge in [-0.1, -0.05) is 28.9 Å². The van der Waals surface area contributed by atoms with E-state index < -0.39 is 11.1 Å². The molecule has 7 heteroatoms. The zero-order valence-corrected chi connectivity index (χ0v) is 13.4. The van der Waals surface area contributed by atoms with Crippen molar-refractivity contribution in [3.05, 3.63) is 51.4 Å². The number of carbonyl (C=O) groups excluding carboxylic acids is 1. The summed E-state index contributed by atoms with van der Waals surface area (Å²) < 4.78 is 25.1. The first-order chi connectivity index (χ1) is 10.5. The Hall–Kier alpha value is -1.50. The molecule has 0 radical (unpaired) electrons. The van der Waals surface area contributed by atoms with E-state index >= 15 is 0 Å². The Balaban J connectivity index is 1.97. The third-order valence-electron chi connectivity index (χ3n) is 3.78. The summed E-state index contributed by atoms with van der Waals surface area (Å²) in [4.78, 5) is 12.7. The number of aromatic nitrogens is 1. The molecule has 3 rings (SSSR count). The van der Waals surface area contributed by atoms with Gasteiger partial charge >= 0.3 is 0 Å². The molecule has 22 heavy (non-hydrogen) atoms. The van der Waals surface area contributed by atoms with Gasteiger partial charge in [0.25, 0.3) is 0 Å². The Morgan fingerprint density at radius 3 is 2.82 bits per heavy atom. The number of carbonyl (C=O) groups is 1. The van der Waals surface area contributed by atoms with Crippen molar-refractivity contribution >= 4 is 28.5 Å². The highest BCUT2D eigenvalue weighted by Gasteiger charge is 2.33. The van der Waals surface area contributed by atoms with Crippen molar-refractivity contribution in [1.29, 1.82) is 0 Å². The lowest BCUT2D eigenvalue weighted by Gasteiger charge is -2.10. The van der Waals surface area contributed by atoms with Crippen LogP contribution in [0.2, 0.25) is 5.02 Å². The molecule has 116 valence electrons. The number of hydrogen-bond acceptors (Lipinski definition) is 4. The molecule has 2 aromatic rings. The fraction of sp³-hybridized carbons (Fsp3) is 0.333. The number of hydrogen-bond donors (Lipinski definition) is 1. The van der Waals surface area contributed by atoms with Crippen molar-refractivity contribution in [1.82, 2.24) is 5.16 Å². The van der Waals surface area contributed by atoms with Gasteiger partial charge in [-0.2, -0.15) is 0 Å². The highest BCUT2D eigenvalue weighted by atomic mass is 35.5. The molecule has 1 aliphatic rings. The summed E-state index contributed by atoms with van der Waals surface area (Å²) in [5.74, 6) is 0.683. The van der Waals surface area contributed by atoms with E-state index in [9.17, 15) is 9.00 Å². The number of ketones is 1. The summed E-state index contributed by atoms with van der Waals surface area (Å²) in [6, 6.07) is 3.25. The van der Waals surface area contributed by atoms with Crippen LogP contribution in [0.25, 0.3) is 0 Å². The standard InChI is InChI=1S/C15H14ClNO4S/c1-8-11(5-4-10(13(8)16)7-22(19)20)14(18)12-6-17-21-15(12)9-2-3-9/h4-6,9H,2-3,7H2,1H3,(H,19,20). The van der Waals surface area contributed by atoms with Crippen LogP contribution >= 0.6 is 11.6 Å². The summed E-state index contributed by atoms with van der Waals surface area (Å²) in [6.45, 7) is 1.73. The molecule has 1 N–H and O–H groups in total. The first-order valence-electron chi connectivity index (χ1n) is 6.83. The van der Waals surface area contributed by atoms with Gasteiger partial charge in [0.1, 0.15) is 0 Å². The summed E-state index contributed by atoms with van der Waals surface area (Å²) in [5.41, 5.74) is 2.07. The maximum absolute atomic E-state index is 12.7. The van der Waals surface area contributed by atoms with Crippen LogP contribution in [0.5, 0.6) is 0 Å². The van der Waals surface area contributed by atoms with Crippen molar-refractivity contribution in [2.24, 2.45) is 0 Å². The van der Waals surface area contributed by atoms with Gasteiger partial charge in [-0.25, -0.2) is 4.21 Å². The smallest absolute Gasteiger partial charge is 0.198 e. The van der Waals surface area contributed by atoms with E-state index in [4.69, 9.17) is 20.7 Å². The molecule has 0 spiro atoms. The lowest BCUT2D eigenvalue weighted by Crippen LogP contribution is -2.07. The third kappa shape index (κ3) is 2.86. The first kappa shape index (κ1) is 15.4. The Labute approximate surface area is 134 Å². The van der Waals surface area contributed by atoms with Crippen molar-refractivity contribution in [3.63, 3.8) is 0 Å². The molecule has 0 amide bonds. The topological polar surface area (TPSA) is 80.4 Å². The van der Waals surface area contributed by atoms with Crippen molar-refractivity contribution < 1.29 is 18.1 Å². The van der Waals surface area contributed by atoms with E-state index in [1.165, 1.54) is 6.20 Å². The van der Waals surface area contributed by atoms with E-state index in [1.807, 2.05) is 0 Å². The molecule has 1 aromatic heterocycles. The highest BCUT2D eigenvalue weighted by molar-refractivity contribution is 7.78. The lowest BCUT2D eigenvalue weighted by molar-refractivity contribution is 0.103. The summed E-state index contributed by atoms with van der Waals surface area (Å²) in [6.07, 6.45) is 3.47. The van der Waals surface area contributed by atoms with Gasteiger partial charge in [0.05, 0.1) is 17.5 Å². The normalized spacial score (nSPS) is 15.8. The van der Waals surface area contributed by atoms with Gasteiger partial charge in [-0.05, 0) is 30.9 Å². The van der Waals surface area contributed by atoms with Crippen molar-refractivity contribution in [3.8, 4) is 0 Å². The number of benzene rings is 1. The Kier molecular flexibility index (Phi) is 4.16. The molecule has 1 saturated carbocycles. The minimum atomic E-state index is -1.98. The molecule has 5 nitrogen and oxygen atoms in total. The van der Waals surface area contributed by atoms with Crippen LogP contribution in [0.1, 0.15) is 51.6 Å². The van der Waals surface area contributed by atoms with Gasteiger partial charge in [0, 0.05) is 16.5 Å².